The number of rotatable bonds is 7. The molecule has 1 aromatic carbocycles. The van der Waals surface area contributed by atoms with Crippen LogP contribution in [-0.4, -0.2) is 49.5 Å². The Labute approximate surface area is 181 Å². The van der Waals surface area contributed by atoms with E-state index >= 15 is 0 Å². The summed E-state index contributed by atoms with van der Waals surface area (Å²) in [6, 6.07) is 7.68. The predicted octanol–water partition coefficient (Wildman–Crippen LogP) is 5.02. The van der Waals surface area contributed by atoms with E-state index in [9.17, 15) is 47.9 Å². The Kier molecular flexibility index (Phi) is 5.99. The number of sulfone groups is 1. The van der Waals surface area contributed by atoms with Gasteiger partial charge in [-0.25, -0.2) is 8.42 Å². The van der Waals surface area contributed by atoms with E-state index in [0.717, 1.165) is 6.92 Å². The number of ether oxygens (including phenoxy) is 2. The van der Waals surface area contributed by atoms with Crippen LogP contribution in [0.4, 0.5) is 39.5 Å². The van der Waals surface area contributed by atoms with Crippen LogP contribution in [0.3, 0.4) is 0 Å². The molecule has 0 aromatic heterocycles. The normalized spacial score (nSPS) is 26.4. The third-order valence-electron chi connectivity index (χ3n) is 5.14. The lowest BCUT2D eigenvalue weighted by Crippen LogP contribution is -2.64. The van der Waals surface area contributed by atoms with E-state index in [4.69, 9.17) is 9.47 Å². The van der Waals surface area contributed by atoms with Crippen molar-refractivity contribution in [2.24, 2.45) is 0 Å². The Morgan fingerprint density at radius 1 is 0.970 bits per heavy atom. The molecule has 14 heteroatoms. The lowest BCUT2D eigenvalue weighted by Gasteiger charge is -2.40. The van der Waals surface area contributed by atoms with Gasteiger partial charge in [-0.05, 0) is 18.6 Å². The minimum Gasteiger partial charge on any atom is -0.365 e. The molecular weight excluding hydrogens is 495 g/mol. The van der Waals surface area contributed by atoms with E-state index in [1.807, 2.05) is 0 Å². The average Bonchev–Trinajstić information content (AvgIpc) is 3.02. The van der Waals surface area contributed by atoms with Crippen LogP contribution in [0.1, 0.15) is 12.5 Å². The van der Waals surface area contributed by atoms with Crippen molar-refractivity contribution in [3.8, 4) is 0 Å². The summed E-state index contributed by atoms with van der Waals surface area (Å²) in [6.07, 6.45) is -7.79. The molecule has 1 aromatic rings. The van der Waals surface area contributed by atoms with Crippen LogP contribution >= 0.6 is 0 Å². The summed E-state index contributed by atoms with van der Waals surface area (Å²) >= 11 is 0. The Morgan fingerprint density at radius 2 is 1.55 bits per heavy atom. The van der Waals surface area contributed by atoms with Gasteiger partial charge in [-0.2, -0.15) is 39.5 Å². The molecule has 0 saturated heterocycles. The Hall–Kier alpha value is -2.06. The van der Waals surface area contributed by atoms with Gasteiger partial charge in [-0.3, -0.25) is 0 Å². The predicted molar refractivity (Wildman–Crippen MR) is 95.3 cm³/mol. The van der Waals surface area contributed by atoms with Gasteiger partial charge in [0.2, 0.25) is 9.84 Å². The molecule has 2 heterocycles. The van der Waals surface area contributed by atoms with Crippen molar-refractivity contribution in [3.63, 3.8) is 0 Å². The van der Waals surface area contributed by atoms with E-state index in [0.29, 0.717) is 11.6 Å². The molecule has 4 nitrogen and oxygen atoms in total. The average molecular weight is 510 g/mol. The molecule has 2 bridgehead atoms. The van der Waals surface area contributed by atoms with Crippen LogP contribution in [0, 0.1) is 0 Å². The van der Waals surface area contributed by atoms with Crippen molar-refractivity contribution in [1.29, 1.82) is 0 Å². The van der Waals surface area contributed by atoms with Gasteiger partial charge in [0.05, 0.1) is 17.6 Å². The van der Waals surface area contributed by atoms with E-state index in [-0.39, 0.29) is 0 Å². The number of alkyl halides is 9. The van der Waals surface area contributed by atoms with Gasteiger partial charge < -0.3 is 9.47 Å². The highest BCUT2D eigenvalue weighted by molar-refractivity contribution is 7.96. The summed E-state index contributed by atoms with van der Waals surface area (Å²) in [7, 11) is -6.83. The molecule has 184 valence electrons. The van der Waals surface area contributed by atoms with Gasteiger partial charge >= 0.3 is 23.3 Å². The van der Waals surface area contributed by atoms with Crippen LogP contribution in [0.15, 0.2) is 53.5 Å². The minimum absolute atomic E-state index is 0.391. The van der Waals surface area contributed by atoms with Crippen molar-refractivity contribution in [1.82, 2.24) is 0 Å². The van der Waals surface area contributed by atoms with E-state index < -0.39 is 62.4 Å². The second-order valence-electron chi connectivity index (χ2n) is 7.54. The molecule has 33 heavy (non-hydrogen) atoms. The smallest absolute Gasteiger partial charge is 0.365 e. The quantitative estimate of drug-likeness (QED) is 0.382. The SMILES string of the molecule is C[C@@]12C=C[C@@H](C=C(S(=O)(=O)C(F)(F)C(F)(F)C(F)(F)C(F)(F)F)[C@H]1OCc1ccccc1)O2. The summed E-state index contributed by atoms with van der Waals surface area (Å²) in [6.45, 7) is 0.707. The standard InChI is InChI=1S/C19H15F9O4S/c1-15-8-7-12(32-15)9-13(14(15)31-10-11-5-3-2-4-6-11)33(29,30)19(27,28)17(22,23)16(20,21)18(24,25)26/h2-9,12,14H,10H2,1H3/t12-,14+,15+/m0/s1. The Bertz CT molecular complexity index is 1060. The molecule has 2 aliphatic heterocycles. The van der Waals surface area contributed by atoms with Gasteiger partial charge in [0, 0.05) is 0 Å². The number of fused-ring (bicyclic) bond motifs is 2. The lowest BCUT2D eigenvalue weighted by molar-refractivity contribution is -0.382. The summed E-state index contributed by atoms with van der Waals surface area (Å²) in [4.78, 5) is -1.59. The zero-order valence-electron chi connectivity index (χ0n) is 16.4. The van der Waals surface area contributed by atoms with Crippen LogP contribution in [0.2, 0.25) is 0 Å². The van der Waals surface area contributed by atoms with Crippen molar-refractivity contribution < 1.29 is 57.4 Å². The van der Waals surface area contributed by atoms with Gasteiger partial charge in [-0.15, -0.1) is 0 Å². The monoisotopic (exact) mass is 510 g/mol. The van der Waals surface area contributed by atoms with Crippen LogP contribution in [0.5, 0.6) is 0 Å². The van der Waals surface area contributed by atoms with Crippen molar-refractivity contribution in [3.05, 3.63) is 59.0 Å². The second kappa shape index (κ2) is 7.73. The maximum absolute atomic E-state index is 14.5. The molecule has 0 amide bonds. The molecule has 0 fully saturated rings. The summed E-state index contributed by atoms with van der Waals surface area (Å²) in [5, 5.41) is -6.85. The van der Waals surface area contributed by atoms with Gasteiger partial charge in [0.1, 0.15) is 11.7 Å². The maximum atomic E-state index is 14.5. The molecule has 0 unspecified atom stereocenters. The molecule has 3 atom stereocenters. The Balaban J connectivity index is 2.05. The van der Waals surface area contributed by atoms with Crippen LogP contribution in [0.25, 0.3) is 0 Å². The van der Waals surface area contributed by atoms with Gasteiger partial charge in [0.15, 0.2) is 0 Å². The van der Waals surface area contributed by atoms with E-state index in [1.165, 1.54) is 24.3 Å². The second-order valence-corrected chi connectivity index (χ2v) is 9.53. The fourth-order valence-corrected chi connectivity index (χ4v) is 5.00. The first-order valence-corrected chi connectivity index (χ1v) is 10.6. The first kappa shape index (κ1) is 25.6. The van der Waals surface area contributed by atoms with Crippen molar-refractivity contribution >= 4 is 9.84 Å². The molecule has 0 N–H and O–H groups in total. The van der Waals surface area contributed by atoms with E-state index in [2.05, 4.69) is 0 Å². The maximum Gasteiger partial charge on any atom is 0.460 e. The Morgan fingerprint density at radius 3 is 2.09 bits per heavy atom. The van der Waals surface area contributed by atoms with Gasteiger partial charge in [0.25, 0.3) is 0 Å². The molecule has 0 spiro atoms. The summed E-state index contributed by atoms with van der Waals surface area (Å²) in [5.74, 6) is -14.7. The third-order valence-corrected chi connectivity index (χ3v) is 7.04. The topological polar surface area (TPSA) is 52.6 Å². The third kappa shape index (κ3) is 3.85. The number of halogens is 9. The first-order chi connectivity index (χ1) is 14.9. The summed E-state index contributed by atoms with van der Waals surface area (Å²) in [5.41, 5.74) is -1.42. The zero-order chi connectivity index (χ0) is 25.1. The van der Waals surface area contributed by atoms with E-state index in [1.54, 1.807) is 18.2 Å². The minimum atomic E-state index is -7.36. The zero-order valence-corrected chi connectivity index (χ0v) is 17.2. The summed E-state index contributed by atoms with van der Waals surface area (Å²) < 4.78 is 156. The fraction of sp³-hybridized carbons (Fsp3) is 0.474. The molecule has 0 saturated carbocycles. The molecule has 0 aliphatic carbocycles. The molecule has 0 radical (unpaired) electrons. The molecule has 3 rings (SSSR count). The highest BCUT2D eigenvalue weighted by Gasteiger charge is 2.85. The van der Waals surface area contributed by atoms with Crippen LogP contribution < -0.4 is 0 Å². The van der Waals surface area contributed by atoms with Gasteiger partial charge in [-0.1, -0.05) is 42.5 Å². The number of hydrogen-bond donors (Lipinski definition) is 0. The first-order valence-electron chi connectivity index (χ1n) is 9.08. The molecule has 2 aliphatic rings. The highest BCUT2D eigenvalue weighted by Crippen LogP contribution is 2.57. The molecular formula is C19H15F9O4S. The highest BCUT2D eigenvalue weighted by atomic mass is 32.2. The fourth-order valence-electron chi connectivity index (χ4n) is 3.34. The lowest BCUT2D eigenvalue weighted by atomic mass is 9.98. The number of hydrogen-bond acceptors (Lipinski definition) is 4. The largest absolute Gasteiger partial charge is 0.460 e. The number of benzene rings is 1. The van der Waals surface area contributed by atoms with Crippen LogP contribution in [-0.2, 0) is 25.9 Å². The van der Waals surface area contributed by atoms with Crippen molar-refractivity contribution in [2.45, 2.75) is 54.6 Å². The van der Waals surface area contributed by atoms with Crippen molar-refractivity contribution in [2.75, 3.05) is 0 Å².